The number of anilines is 1. The Kier molecular flexibility index (Phi) is 6.86. The molecule has 0 saturated heterocycles. The summed E-state index contributed by atoms with van der Waals surface area (Å²) in [6, 6.07) is 15.4. The summed E-state index contributed by atoms with van der Waals surface area (Å²) in [6.07, 6.45) is 0. The van der Waals surface area contributed by atoms with Crippen LogP contribution in [0, 0.1) is 6.92 Å². The Labute approximate surface area is 198 Å². The number of hydrogen-bond acceptors (Lipinski definition) is 4. The molecule has 2 aromatic carbocycles. The van der Waals surface area contributed by atoms with Gasteiger partial charge in [-0.05, 0) is 55.4 Å². The number of nitrogens with one attached hydrogen (secondary N) is 2. The number of hydrogen-bond donors (Lipinski definition) is 2. The second kappa shape index (κ2) is 9.81. The lowest BCUT2D eigenvalue weighted by molar-refractivity contribution is 0.102. The molecule has 0 aliphatic rings. The molecular formula is C26H29ClN4O2. The Hall–Kier alpha value is -3.09. The van der Waals surface area contributed by atoms with Crippen LogP contribution in [0.2, 0.25) is 5.02 Å². The maximum atomic E-state index is 12.8. The quantitative estimate of drug-likeness (QED) is 0.329. The van der Waals surface area contributed by atoms with E-state index in [9.17, 15) is 4.79 Å². The summed E-state index contributed by atoms with van der Waals surface area (Å²) in [5, 5.41) is 12.4. The average Bonchev–Trinajstić information content (AvgIpc) is 3.37. The largest absolute Gasteiger partial charge is 0.460 e. The fraction of sp³-hybridized carbons (Fsp3) is 0.308. The van der Waals surface area contributed by atoms with Gasteiger partial charge in [-0.25, -0.2) is 0 Å². The van der Waals surface area contributed by atoms with Crippen molar-refractivity contribution in [1.29, 1.82) is 0 Å². The van der Waals surface area contributed by atoms with Crippen LogP contribution in [0.4, 0.5) is 5.69 Å². The number of benzene rings is 2. The van der Waals surface area contributed by atoms with Gasteiger partial charge in [-0.1, -0.05) is 44.5 Å². The van der Waals surface area contributed by atoms with Gasteiger partial charge in [-0.3, -0.25) is 9.48 Å². The van der Waals surface area contributed by atoms with Crippen LogP contribution < -0.4 is 10.6 Å². The van der Waals surface area contributed by atoms with Crippen LogP contribution in [0.1, 0.15) is 59.8 Å². The number of carbonyl (C=O) groups is 1. The predicted octanol–water partition coefficient (Wildman–Crippen LogP) is 6.12. The molecule has 7 heteroatoms. The number of rotatable bonds is 8. The molecule has 0 bridgehead atoms. The third-order valence-electron chi connectivity index (χ3n) is 5.57. The number of aryl methyl sites for hydroxylation is 1. The molecule has 0 radical (unpaired) electrons. The summed E-state index contributed by atoms with van der Waals surface area (Å²) < 4.78 is 7.91. The predicted molar refractivity (Wildman–Crippen MR) is 133 cm³/mol. The van der Waals surface area contributed by atoms with Crippen molar-refractivity contribution in [1.82, 2.24) is 15.1 Å². The molecule has 4 rings (SSSR count). The molecule has 0 atom stereocenters. The number of nitrogens with zero attached hydrogens (tertiary/aromatic N) is 2. The van der Waals surface area contributed by atoms with Crippen molar-refractivity contribution in [3.8, 4) is 0 Å². The van der Waals surface area contributed by atoms with Gasteiger partial charge in [0.05, 0.1) is 6.54 Å². The molecule has 6 nitrogen and oxygen atoms in total. The standard InChI is InChI=1S/C26H29ClN4O2/c1-5-28-14-18-6-8-22(9-7-18)29-26(32)23-10-17(4)31(30-23)15-20-12-21(27)11-19-13-24(16(2)3)33-25(19)20/h6-13,16,28H,5,14-15H2,1-4H3,(H,29,32). The molecule has 1 amide bonds. The van der Waals surface area contributed by atoms with Crippen molar-refractivity contribution in [2.24, 2.45) is 0 Å². The summed E-state index contributed by atoms with van der Waals surface area (Å²) in [5.74, 6) is 0.956. The van der Waals surface area contributed by atoms with E-state index < -0.39 is 0 Å². The van der Waals surface area contributed by atoms with E-state index in [1.54, 1.807) is 10.7 Å². The maximum absolute atomic E-state index is 12.8. The third kappa shape index (κ3) is 5.29. The Balaban J connectivity index is 1.52. The summed E-state index contributed by atoms with van der Waals surface area (Å²) >= 11 is 6.36. The van der Waals surface area contributed by atoms with E-state index in [2.05, 4.69) is 36.5 Å². The highest BCUT2D eigenvalue weighted by Gasteiger charge is 2.16. The Morgan fingerprint density at radius 1 is 1.15 bits per heavy atom. The number of fused-ring (bicyclic) bond motifs is 1. The minimum absolute atomic E-state index is 0.243. The van der Waals surface area contributed by atoms with Gasteiger partial charge in [0.2, 0.25) is 0 Å². The highest BCUT2D eigenvalue weighted by atomic mass is 35.5. The number of aromatic nitrogens is 2. The van der Waals surface area contributed by atoms with Crippen LogP contribution in [0.5, 0.6) is 0 Å². The number of carbonyl (C=O) groups excluding carboxylic acids is 1. The monoisotopic (exact) mass is 464 g/mol. The van der Waals surface area contributed by atoms with E-state index in [-0.39, 0.29) is 11.8 Å². The fourth-order valence-corrected chi connectivity index (χ4v) is 3.97. The van der Waals surface area contributed by atoms with Crippen molar-refractivity contribution < 1.29 is 9.21 Å². The van der Waals surface area contributed by atoms with Crippen molar-refractivity contribution >= 4 is 34.2 Å². The molecular weight excluding hydrogens is 436 g/mol. The van der Waals surface area contributed by atoms with E-state index in [0.717, 1.165) is 46.8 Å². The minimum Gasteiger partial charge on any atom is -0.460 e. The van der Waals surface area contributed by atoms with Crippen LogP contribution in [0.25, 0.3) is 11.0 Å². The Morgan fingerprint density at radius 3 is 2.61 bits per heavy atom. The Bertz CT molecular complexity index is 1270. The SMILES string of the molecule is CCNCc1ccc(NC(=O)c2cc(C)n(Cc3cc(Cl)cc4cc(C(C)C)oc34)n2)cc1. The molecule has 0 aliphatic carbocycles. The number of amides is 1. The van der Waals surface area contributed by atoms with Crippen LogP contribution in [-0.2, 0) is 13.1 Å². The van der Waals surface area contributed by atoms with Crippen molar-refractivity contribution in [3.05, 3.63) is 81.8 Å². The van der Waals surface area contributed by atoms with Crippen molar-refractivity contribution in [2.45, 2.75) is 46.7 Å². The lowest BCUT2D eigenvalue weighted by Gasteiger charge is -2.07. The number of halogens is 1. The first-order chi connectivity index (χ1) is 15.8. The molecule has 0 fully saturated rings. The molecule has 0 spiro atoms. The van der Waals surface area contributed by atoms with Gasteiger partial charge in [0, 0.05) is 39.8 Å². The summed E-state index contributed by atoms with van der Waals surface area (Å²) in [7, 11) is 0. The molecule has 0 aliphatic heterocycles. The van der Waals surface area contributed by atoms with Crippen LogP contribution in [0.3, 0.4) is 0 Å². The van der Waals surface area contributed by atoms with Gasteiger partial charge in [-0.2, -0.15) is 5.10 Å². The zero-order valence-corrected chi connectivity index (χ0v) is 20.2. The van der Waals surface area contributed by atoms with Crippen LogP contribution >= 0.6 is 11.6 Å². The van der Waals surface area contributed by atoms with E-state index in [1.807, 2.05) is 49.4 Å². The first-order valence-corrected chi connectivity index (χ1v) is 11.6. The zero-order valence-electron chi connectivity index (χ0n) is 19.4. The molecule has 4 aromatic rings. The highest BCUT2D eigenvalue weighted by Crippen LogP contribution is 2.31. The molecule has 2 aromatic heterocycles. The molecule has 2 heterocycles. The summed E-state index contributed by atoms with van der Waals surface area (Å²) in [4.78, 5) is 12.8. The maximum Gasteiger partial charge on any atom is 0.276 e. The van der Waals surface area contributed by atoms with Gasteiger partial charge in [0.15, 0.2) is 5.69 Å². The topological polar surface area (TPSA) is 72.1 Å². The van der Waals surface area contributed by atoms with Gasteiger partial charge in [-0.15, -0.1) is 0 Å². The van der Waals surface area contributed by atoms with Crippen LogP contribution in [0.15, 0.2) is 52.9 Å². The lowest BCUT2D eigenvalue weighted by Crippen LogP contribution is -2.14. The minimum atomic E-state index is -0.243. The Morgan fingerprint density at radius 2 is 1.91 bits per heavy atom. The van der Waals surface area contributed by atoms with Gasteiger partial charge >= 0.3 is 0 Å². The van der Waals surface area contributed by atoms with E-state index in [4.69, 9.17) is 16.0 Å². The molecule has 172 valence electrons. The molecule has 33 heavy (non-hydrogen) atoms. The van der Waals surface area contributed by atoms with E-state index >= 15 is 0 Å². The average molecular weight is 465 g/mol. The van der Waals surface area contributed by atoms with Gasteiger partial charge in [0.25, 0.3) is 5.91 Å². The smallest absolute Gasteiger partial charge is 0.276 e. The molecule has 2 N–H and O–H groups in total. The fourth-order valence-electron chi connectivity index (χ4n) is 3.72. The first kappa shape index (κ1) is 23.1. The van der Waals surface area contributed by atoms with Crippen molar-refractivity contribution in [3.63, 3.8) is 0 Å². The van der Waals surface area contributed by atoms with Gasteiger partial charge in [0.1, 0.15) is 11.3 Å². The third-order valence-corrected chi connectivity index (χ3v) is 5.79. The zero-order chi connectivity index (χ0) is 23.5. The summed E-state index contributed by atoms with van der Waals surface area (Å²) in [5.41, 5.74) is 4.89. The van der Waals surface area contributed by atoms with Gasteiger partial charge < -0.3 is 15.1 Å². The number of furan rings is 1. The second-order valence-corrected chi connectivity index (χ2v) is 8.98. The molecule has 0 saturated carbocycles. The molecule has 0 unspecified atom stereocenters. The van der Waals surface area contributed by atoms with E-state index in [1.165, 1.54) is 5.56 Å². The summed E-state index contributed by atoms with van der Waals surface area (Å²) in [6.45, 7) is 10.4. The lowest BCUT2D eigenvalue weighted by atomic mass is 10.1. The van der Waals surface area contributed by atoms with Crippen molar-refractivity contribution in [2.75, 3.05) is 11.9 Å². The first-order valence-electron chi connectivity index (χ1n) is 11.2. The normalized spacial score (nSPS) is 11.5. The van der Waals surface area contributed by atoms with Crippen LogP contribution in [-0.4, -0.2) is 22.2 Å². The van der Waals surface area contributed by atoms with E-state index in [0.29, 0.717) is 17.3 Å². The second-order valence-electron chi connectivity index (χ2n) is 8.55. The highest BCUT2D eigenvalue weighted by molar-refractivity contribution is 6.31.